The van der Waals surface area contributed by atoms with E-state index < -0.39 is 58.2 Å². The van der Waals surface area contributed by atoms with Crippen LogP contribution < -0.4 is 26.4 Å². The molecule has 0 unspecified atom stereocenters. The van der Waals surface area contributed by atoms with E-state index in [4.69, 9.17) is 25.3 Å². The van der Waals surface area contributed by atoms with E-state index in [1.54, 1.807) is 30.6 Å². The van der Waals surface area contributed by atoms with Crippen molar-refractivity contribution in [1.82, 2.24) is 30.6 Å². The Kier molecular flexibility index (Phi) is 11.0. The van der Waals surface area contributed by atoms with Crippen molar-refractivity contribution in [2.75, 3.05) is 30.7 Å². The zero-order chi connectivity index (χ0) is 35.1. The van der Waals surface area contributed by atoms with Crippen LogP contribution in [-0.2, 0) is 33.9 Å². The molecular formula is C26H30N10O10S2. The number of benzene rings is 1. The van der Waals surface area contributed by atoms with Crippen molar-refractivity contribution in [2.45, 2.75) is 31.5 Å². The van der Waals surface area contributed by atoms with Crippen LogP contribution in [0.15, 0.2) is 53.3 Å². The average Bonchev–Trinajstić information content (AvgIpc) is 3.47. The number of nitrogens with one attached hydrogen (secondary N) is 4. The molecule has 1 aliphatic heterocycles. The van der Waals surface area contributed by atoms with E-state index in [2.05, 4.69) is 40.3 Å². The van der Waals surface area contributed by atoms with Crippen LogP contribution in [0.4, 0.5) is 11.1 Å². The number of amides is 2. The van der Waals surface area contributed by atoms with Gasteiger partial charge in [-0.05, 0) is 44.2 Å². The number of nitrogens with two attached hydrogens (primary N) is 1. The lowest BCUT2D eigenvalue weighted by Crippen LogP contribution is -2.76. The van der Waals surface area contributed by atoms with Crippen LogP contribution in [0.5, 0.6) is 5.75 Å². The number of nitrogens with zero attached hydrogens (tertiary/aromatic N) is 5. The lowest BCUT2D eigenvalue weighted by molar-refractivity contribution is -0.218. The van der Waals surface area contributed by atoms with E-state index in [1.807, 2.05) is 0 Å². The summed E-state index contributed by atoms with van der Waals surface area (Å²) in [5.41, 5.74) is 4.12. The van der Waals surface area contributed by atoms with Crippen LogP contribution in [0.25, 0.3) is 0 Å². The number of hydrogen-bond acceptors (Lipinski definition) is 16. The van der Waals surface area contributed by atoms with Crippen LogP contribution in [0.3, 0.4) is 0 Å². The highest BCUT2D eigenvalue weighted by Gasteiger charge is 2.58. The zero-order valence-corrected chi connectivity index (χ0v) is 26.8. The van der Waals surface area contributed by atoms with Gasteiger partial charge >= 0.3 is 16.4 Å². The van der Waals surface area contributed by atoms with E-state index in [9.17, 15) is 27.9 Å². The van der Waals surface area contributed by atoms with Crippen molar-refractivity contribution in [3.8, 4) is 5.75 Å². The van der Waals surface area contributed by atoms with Gasteiger partial charge in [-0.1, -0.05) is 5.16 Å². The van der Waals surface area contributed by atoms with Gasteiger partial charge in [0.1, 0.15) is 29.9 Å². The number of anilines is 2. The van der Waals surface area contributed by atoms with Crippen LogP contribution in [0, 0.1) is 5.41 Å². The molecule has 1 saturated heterocycles. The first-order valence-corrected chi connectivity index (χ1v) is 16.0. The van der Waals surface area contributed by atoms with Gasteiger partial charge in [0.25, 0.3) is 17.9 Å². The van der Waals surface area contributed by atoms with Crippen molar-refractivity contribution >= 4 is 62.1 Å². The maximum absolute atomic E-state index is 13.2. The number of carbonyl (C=O) groups excluding carboxylic acids is 2. The number of thiazole rings is 1. The highest BCUT2D eigenvalue weighted by atomic mass is 32.3. The lowest BCUT2D eigenvalue weighted by Gasteiger charge is -2.50. The maximum atomic E-state index is 13.2. The number of ether oxygens (including phenoxy) is 1. The molecule has 256 valence electrons. The number of hydroxylamine groups is 2. The Hall–Kier alpha value is -5.45. The molecule has 0 saturated carbocycles. The van der Waals surface area contributed by atoms with Crippen molar-refractivity contribution in [2.24, 2.45) is 5.16 Å². The van der Waals surface area contributed by atoms with E-state index in [0.717, 1.165) is 11.3 Å². The third-order valence-corrected chi connectivity index (χ3v) is 7.48. The maximum Gasteiger partial charge on any atom is 0.418 e. The zero-order valence-electron chi connectivity index (χ0n) is 25.2. The standard InChI is InChI=1S/C26H30N10O10S2/c1-26(2)19(22(38)36(26)46-48(41,42)43)34-21(37)18(16-13-47-24(28)33-16)35-45-17(23(39)40)12-44-15-6-4-14(5-7-15)20(27)29-10-11-32-25-30-8-3-9-31-25/h3-9,13,17,19H,10-12H2,1-2H3,(H2,27,29)(H2,28,33)(H,34,37)(H,39,40)(H,30,31,32)(H,41,42,43)/b35-18-/t17-,19+/m0/s1. The van der Waals surface area contributed by atoms with Crippen LogP contribution in [0.2, 0.25) is 0 Å². The molecule has 1 aliphatic rings. The predicted molar refractivity (Wildman–Crippen MR) is 168 cm³/mol. The molecule has 2 atom stereocenters. The molecule has 48 heavy (non-hydrogen) atoms. The molecular weight excluding hydrogens is 676 g/mol. The fourth-order valence-corrected chi connectivity index (χ4v) is 5.03. The number of oxime groups is 1. The molecule has 0 aliphatic carbocycles. The Balaban J connectivity index is 1.36. The average molecular weight is 707 g/mol. The first-order valence-electron chi connectivity index (χ1n) is 13.7. The highest BCUT2D eigenvalue weighted by Crippen LogP contribution is 2.33. The summed E-state index contributed by atoms with van der Waals surface area (Å²) in [6, 6.07) is 6.58. The van der Waals surface area contributed by atoms with E-state index in [0.29, 0.717) is 29.7 Å². The number of β-lactam (4-membered cyclic amide) rings is 1. The first kappa shape index (κ1) is 35.4. The molecule has 0 spiro atoms. The second-order valence-electron chi connectivity index (χ2n) is 10.3. The summed E-state index contributed by atoms with van der Waals surface area (Å²) in [6.07, 6.45) is 1.49. The summed E-state index contributed by atoms with van der Waals surface area (Å²) < 4.78 is 40.9. The fraction of sp³-hybridized carbons (Fsp3) is 0.308. The van der Waals surface area contributed by atoms with Gasteiger partial charge in [0.2, 0.25) is 5.95 Å². The molecule has 2 aromatic heterocycles. The largest absolute Gasteiger partial charge is 0.489 e. The van der Waals surface area contributed by atoms with Gasteiger partial charge in [0, 0.05) is 36.4 Å². The topological polar surface area (TPSA) is 294 Å². The highest BCUT2D eigenvalue weighted by molar-refractivity contribution is 7.80. The van der Waals surface area contributed by atoms with Crippen molar-refractivity contribution in [1.29, 1.82) is 5.41 Å². The summed E-state index contributed by atoms with van der Waals surface area (Å²) in [5, 5.41) is 31.7. The van der Waals surface area contributed by atoms with E-state index in [-0.39, 0.29) is 22.4 Å². The number of rotatable bonds is 16. The molecule has 8 N–H and O–H groups in total. The monoisotopic (exact) mass is 706 g/mol. The van der Waals surface area contributed by atoms with E-state index >= 15 is 0 Å². The van der Waals surface area contributed by atoms with Crippen molar-refractivity contribution in [3.63, 3.8) is 0 Å². The van der Waals surface area contributed by atoms with Gasteiger partial charge in [-0.15, -0.1) is 15.6 Å². The van der Waals surface area contributed by atoms with Gasteiger partial charge in [0.05, 0.1) is 5.54 Å². The third-order valence-electron chi connectivity index (χ3n) is 6.47. The van der Waals surface area contributed by atoms with Crippen molar-refractivity contribution in [3.05, 3.63) is 59.4 Å². The Morgan fingerprint density at radius 1 is 1.21 bits per heavy atom. The number of aromatic nitrogens is 3. The number of carboxylic acids is 1. The Morgan fingerprint density at radius 2 is 1.90 bits per heavy atom. The number of aliphatic carboxylic acids is 1. The smallest absolute Gasteiger partial charge is 0.418 e. The molecule has 3 aromatic rings. The SMILES string of the molecule is CC1(C)[C@H](NC(=O)/C(=N\O[C@@H](COc2ccc(C(=N)NCCNc3ncccn3)cc2)C(=O)O)c2csc(N)n2)C(=O)N1OS(=O)(=O)O. The quantitative estimate of drug-likeness (QED) is 0.0250. The second kappa shape index (κ2) is 15.0. The van der Waals surface area contributed by atoms with Gasteiger partial charge in [-0.25, -0.2) is 19.7 Å². The first-order chi connectivity index (χ1) is 22.7. The van der Waals surface area contributed by atoms with Gasteiger partial charge in [-0.2, -0.15) is 13.5 Å². The molecule has 0 radical (unpaired) electrons. The van der Waals surface area contributed by atoms with Gasteiger partial charge in [-0.3, -0.25) is 19.6 Å². The van der Waals surface area contributed by atoms with Gasteiger partial charge < -0.3 is 36.4 Å². The fourth-order valence-electron chi connectivity index (χ4n) is 4.03. The molecule has 1 fully saturated rings. The number of carboxylic acid groups (broad SMARTS) is 1. The number of amidine groups is 1. The molecule has 20 nitrogen and oxygen atoms in total. The normalized spacial score (nSPS) is 16.3. The number of hydrogen-bond donors (Lipinski definition) is 7. The Labute approximate surface area is 276 Å². The second-order valence-corrected chi connectivity index (χ2v) is 12.2. The van der Waals surface area contributed by atoms with Crippen LogP contribution in [-0.4, -0.2) is 105 Å². The summed E-state index contributed by atoms with van der Waals surface area (Å²) in [7, 11) is -5.03. The number of carbonyl (C=O) groups is 3. The molecule has 0 bridgehead atoms. The molecule has 3 heterocycles. The lowest BCUT2D eigenvalue weighted by atomic mass is 9.84. The summed E-state index contributed by atoms with van der Waals surface area (Å²) in [4.78, 5) is 54.8. The summed E-state index contributed by atoms with van der Waals surface area (Å²) in [5.74, 6) is -2.68. The summed E-state index contributed by atoms with van der Waals surface area (Å²) >= 11 is 0.943. The third kappa shape index (κ3) is 9.09. The Bertz CT molecular complexity index is 1790. The number of nitrogen functional groups attached to an aromatic ring is 1. The minimum absolute atomic E-state index is 0.0431. The molecule has 4 rings (SSSR count). The molecule has 1 aromatic carbocycles. The molecule has 2 amide bonds. The van der Waals surface area contributed by atoms with Crippen LogP contribution in [0.1, 0.15) is 25.1 Å². The molecule has 22 heteroatoms. The van der Waals surface area contributed by atoms with Crippen molar-refractivity contribution < 1.29 is 46.3 Å². The Morgan fingerprint density at radius 3 is 2.48 bits per heavy atom. The predicted octanol–water partition coefficient (Wildman–Crippen LogP) is -0.365. The van der Waals surface area contributed by atoms with Gasteiger partial charge in [0.15, 0.2) is 10.8 Å². The minimum Gasteiger partial charge on any atom is -0.489 e. The summed E-state index contributed by atoms with van der Waals surface area (Å²) in [6.45, 7) is 3.03. The van der Waals surface area contributed by atoms with Crippen LogP contribution >= 0.6 is 11.3 Å². The minimum atomic E-state index is -5.03. The van der Waals surface area contributed by atoms with E-state index in [1.165, 1.54) is 31.4 Å².